The number of imide groups is 1. The second kappa shape index (κ2) is 9.23. The highest BCUT2D eigenvalue weighted by Crippen LogP contribution is 2.42. The molecule has 3 aliphatic rings. The normalized spacial score (nSPS) is 23.3. The first-order valence-electron chi connectivity index (χ1n) is 12.0. The van der Waals surface area contributed by atoms with Crippen LogP contribution in [-0.2, 0) is 14.3 Å². The molecule has 8 nitrogen and oxygen atoms in total. The summed E-state index contributed by atoms with van der Waals surface area (Å²) in [7, 11) is 0. The van der Waals surface area contributed by atoms with Gasteiger partial charge in [-0.15, -0.1) is 0 Å². The van der Waals surface area contributed by atoms with Gasteiger partial charge in [0, 0.05) is 44.7 Å². The van der Waals surface area contributed by atoms with E-state index in [4.69, 9.17) is 9.47 Å². The monoisotopic (exact) mass is 457 g/mol. The molecule has 3 aliphatic heterocycles. The summed E-state index contributed by atoms with van der Waals surface area (Å²) in [5.74, 6) is 0.0270. The fraction of sp³-hybridized carbons (Fsp3) is 0.640. The molecule has 1 spiro atoms. The number of hydrogen-bond acceptors (Lipinski definition) is 6. The number of amides is 3. The molecule has 1 aromatic rings. The summed E-state index contributed by atoms with van der Waals surface area (Å²) in [5, 5.41) is 2.32. The molecule has 0 aliphatic carbocycles. The van der Waals surface area contributed by atoms with Gasteiger partial charge in [0.25, 0.3) is 5.91 Å². The van der Waals surface area contributed by atoms with Crippen molar-refractivity contribution in [3.63, 3.8) is 0 Å². The second-order valence-electron chi connectivity index (χ2n) is 10.5. The Morgan fingerprint density at radius 2 is 1.61 bits per heavy atom. The quantitative estimate of drug-likeness (QED) is 0.699. The van der Waals surface area contributed by atoms with E-state index in [1.165, 1.54) is 0 Å². The summed E-state index contributed by atoms with van der Waals surface area (Å²) in [4.78, 5) is 39.8. The largest absolute Gasteiger partial charge is 0.481 e. The first-order chi connectivity index (χ1) is 15.6. The zero-order valence-electron chi connectivity index (χ0n) is 19.9. The van der Waals surface area contributed by atoms with E-state index in [0.717, 1.165) is 57.5 Å². The zero-order chi connectivity index (χ0) is 23.6. The summed E-state index contributed by atoms with van der Waals surface area (Å²) in [6, 6.07) is 7.85. The molecule has 3 amide bonds. The summed E-state index contributed by atoms with van der Waals surface area (Å²) < 4.78 is 11.3. The number of piperidine rings is 3. The van der Waals surface area contributed by atoms with Gasteiger partial charge in [0.2, 0.25) is 5.91 Å². The van der Waals surface area contributed by atoms with Crippen LogP contribution in [0.3, 0.4) is 0 Å². The van der Waals surface area contributed by atoms with Crippen molar-refractivity contribution in [2.45, 2.75) is 71.0 Å². The maximum atomic E-state index is 12.4. The van der Waals surface area contributed by atoms with Crippen molar-refractivity contribution in [3.8, 4) is 5.75 Å². The van der Waals surface area contributed by atoms with E-state index in [-0.39, 0.29) is 17.9 Å². The van der Waals surface area contributed by atoms with Crippen LogP contribution in [0.2, 0.25) is 0 Å². The fourth-order valence-corrected chi connectivity index (χ4v) is 4.92. The lowest BCUT2D eigenvalue weighted by molar-refractivity contribution is -0.138. The number of hydrogen-bond donors (Lipinski definition) is 1. The highest BCUT2D eigenvalue weighted by molar-refractivity contribution is 5.99. The van der Waals surface area contributed by atoms with Crippen molar-refractivity contribution < 1.29 is 23.9 Å². The Balaban J connectivity index is 1.26. The number of rotatable bonds is 3. The van der Waals surface area contributed by atoms with Crippen LogP contribution in [0, 0.1) is 5.41 Å². The van der Waals surface area contributed by atoms with Gasteiger partial charge >= 0.3 is 6.09 Å². The van der Waals surface area contributed by atoms with Gasteiger partial charge < -0.3 is 19.3 Å². The Morgan fingerprint density at radius 1 is 1.00 bits per heavy atom. The molecule has 4 rings (SSSR count). The molecule has 1 unspecified atom stereocenters. The SMILES string of the molecule is CC(C)(C)OC(=O)N1CCC2(CC1)CCN(c1ccc(OC3CCC(=O)NC3=O)cc1)CC2. The Bertz CT molecular complexity index is 874. The molecule has 0 bridgehead atoms. The third-order valence-corrected chi connectivity index (χ3v) is 6.97. The first kappa shape index (κ1) is 23.4. The fourth-order valence-electron chi connectivity index (χ4n) is 4.92. The number of nitrogens with one attached hydrogen (secondary N) is 1. The minimum Gasteiger partial charge on any atom is -0.481 e. The molecule has 3 fully saturated rings. The van der Waals surface area contributed by atoms with E-state index >= 15 is 0 Å². The Kier molecular flexibility index (Phi) is 6.54. The molecule has 8 heteroatoms. The number of ether oxygens (including phenoxy) is 2. The van der Waals surface area contributed by atoms with Crippen molar-refractivity contribution in [2.24, 2.45) is 5.41 Å². The van der Waals surface area contributed by atoms with E-state index in [2.05, 4.69) is 10.2 Å². The van der Waals surface area contributed by atoms with Crippen molar-refractivity contribution in [1.29, 1.82) is 0 Å². The molecule has 3 saturated heterocycles. The molecule has 0 aromatic heterocycles. The standard InChI is InChI=1S/C25H35N3O5/c1-24(2,3)33-23(31)28-16-12-25(13-17-28)10-14-27(15-11-25)18-4-6-19(7-5-18)32-20-8-9-21(29)26-22(20)30/h4-7,20H,8-17H2,1-3H3,(H,26,29,30). The minimum absolute atomic E-state index is 0.200. The second-order valence-corrected chi connectivity index (χ2v) is 10.5. The molecule has 1 N–H and O–H groups in total. The van der Waals surface area contributed by atoms with Gasteiger partial charge in [-0.3, -0.25) is 14.9 Å². The zero-order valence-corrected chi connectivity index (χ0v) is 19.9. The highest BCUT2D eigenvalue weighted by atomic mass is 16.6. The average Bonchev–Trinajstić information content (AvgIpc) is 2.76. The molecule has 1 aromatic carbocycles. The summed E-state index contributed by atoms with van der Waals surface area (Å²) in [5.41, 5.74) is 0.996. The molecule has 3 heterocycles. The molecular weight excluding hydrogens is 422 g/mol. The Labute approximate surface area is 195 Å². The van der Waals surface area contributed by atoms with E-state index in [9.17, 15) is 14.4 Å². The van der Waals surface area contributed by atoms with Crippen molar-refractivity contribution in [3.05, 3.63) is 24.3 Å². The lowest BCUT2D eigenvalue weighted by Crippen LogP contribution is -2.49. The van der Waals surface area contributed by atoms with E-state index in [0.29, 0.717) is 24.0 Å². The van der Waals surface area contributed by atoms with Crippen LogP contribution in [0.1, 0.15) is 59.3 Å². The van der Waals surface area contributed by atoms with Gasteiger partial charge in [-0.1, -0.05) is 0 Å². The lowest BCUT2D eigenvalue weighted by atomic mass is 9.71. The summed E-state index contributed by atoms with van der Waals surface area (Å²) in [6.07, 6.45) is 4.18. The number of benzene rings is 1. The molecule has 33 heavy (non-hydrogen) atoms. The molecule has 0 saturated carbocycles. The number of likely N-dealkylation sites (tertiary alicyclic amines) is 1. The predicted molar refractivity (Wildman–Crippen MR) is 124 cm³/mol. The predicted octanol–water partition coefficient (Wildman–Crippen LogP) is 3.49. The Hall–Kier alpha value is -2.77. The number of carbonyl (C=O) groups excluding carboxylic acids is 3. The molecule has 180 valence electrons. The van der Waals surface area contributed by atoms with Crippen LogP contribution in [0.25, 0.3) is 0 Å². The lowest BCUT2D eigenvalue weighted by Gasteiger charge is -2.47. The van der Waals surface area contributed by atoms with Crippen LogP contribution in [0.5, 0.6) is 5.75 Å². The van der Waals surface area contributed by atoms with Gasteiger partial charge in [-0.05, 0) is 76.1 Å². The third-order valence-electron chi connectivity index (χ3n) is 6.97. The number of nitrogens with zero attached hydrogens (tertiary/aromatic N) is 2. The Morgan fingerprint density at radius 3 is 2.18 bits per heavy atom. The highest BCUT2D eigenvalue weighted by Gasteiger charge is 2.39. The van der Waals surface area contributed by atoms with Crippen molar-refractivity contribution in [1.82, 2.24) is 10.2 Å². The van der Waals surface area contributed by atoms with Gasteiger partial charge in [0.05, 0.1) is 0 Å². The van der Waals surface area contributed by atoms with E-state index < -0.39 is 11.7 Å². The first-order valence-corrected chi connectivity index (χ1v) is 12.0. The topological polar surface area (TPSA) is 88.2 Å². The molecule has 1 atom stereocenters. The smallest absolute Gasteiger partial charge is 0.410 e. The van der Waals surface area contributed by atoms with Crippen molar-refractivity contribution in [2.75, 3.05) is 31.1 Å². The number of carbonyl (C=O) groups is 3. The maximum Gasteiger partial charge on any atom is 0.410 e. The van der Waals surface area contributed by atoms with E-state index in [1.54, 1.807) is 0 Å². The van der Waals surface area contributed by atoms with Gasteiger partial charge in [-0.25, -0.2) is 4.79 Å². The van der Waals surface area contributed by atoms with Crippen molar-refractivity contribution >= 4 is 23.6 Å². The molecule has 0 radical (unpaired) electrons. The summed E-state index contributed by atoms with van der Waals surface area (Å²) in [6.45, 7) is 9.21. The van der Waals surface area contributed by atoms with Crippen LogP contribution in [0.4, 0.5) is 10.5 Å². The molecular formula is C25H35N3O5. The minimum atomic E-state index is -0.616. The van der Waals surface area contributed by atoms with Gasteiger partial charge in [0.1, 0.15) is 11.4 Å². The summed E-state index contributed by atoms with van der Waals surface area (Å²) >= 11 is 0. The van der Waals surface area contributed by atoms with Crippen LogP contribution in [-0.4, -0.2) is 60.7 Å². The van der Waals surface area contributed by atoms with Gasteiger partial charge in [0.15, 0.2) is 6.10 Å². The van der Waals surface area contributed by atoms with Crippen LogP contribution >= 0.6 is 0 Å². The van der Waals surface area contributed by atoms with E-state index in [1.807, 2.05) is 49.9 Å². The maximum absolute atomic E-state index is 12.4. The van der Waals surface area contributed by atoms with Crippen LogP contribution < -0.4 is 15.0 Å². The average molecular weight is 458 g/mol. The van der Waals surface area contributed by atoms with Crippen LogP contribution in [0.15, 0.2) is 24.3 Å². The van der Waals surface area contributed by atoms with Gasteiger partial charge in [-0.2, -0.15) is 0 Å². The third kappa shape index (κ3) is 5.78. The number of anilines is 1.